The average Bonchev–Trinajstić information content (AvgIpc) is 2.30. The van der Waals surface area contributed by atoms with Crippen LogP contribution in [0.1, 0.15) is 36.5 Å². The number of carboxylic acid groups (broad SMARTS) is 1. The molecule has 0 saturated carbocycles. The first-order valence-corrected chi connectivity index (χ1v) is 5.66. The van der Waals surface area contributed by atoms with E-state index >= 15 is 0 Å². The molecule has 1 aromatic rings. The highest BCUT2D eigenvalue weighted by atomic mass is 16.4. The molecule has 1 N–H and O–H groups in total. The summed E-state index contributed by atoms with van der Waals surface area (Å²) in [7, 11) is 0. The van der Waals surface area contributed by atoms with E-state index in [1.165, 1.54) is 0 Å². The van der Waals surface area contributed by atoms with E-state index in [0.29, 0.717) is 5.56 Å². The minimum absolute atomic E-state index is 0.305. The molecule has 0 unspecified atom stereocenters. The first kappa shape index (κ1) is 13.1. The standard InChI is InChI=1S/C13H16N2O2/c1-3-4-6-10-7-5-8-11(9(10)2)12(15-14)13(16)17/h5,7-8H,3-4,6H2,1-2H3,(H,16,17). The van der Waals surface area contributed by atoms with Gasteiger partial charge in [-0.15, -0.1) is 0 Å². The average molecular weight is 232 g/mol. The van der Waals surface area contributed by atoms with Crippen molar-refractivity contribution in [3.05, 3.63) is 40.4 Å². The highest BCUT2D eigenvalue weighted by Crippen LogP contribution is 2.16. The molecule has 0 heterocycles. The van der Waals surface area contributed by atoms with Crippen LogP contribution in [0.4, 0.5) is 0 Å². The van der Waals surface area contributed by atoms with E-state index in [1.54, 1.807) is 12.1 Å². The molecular weight excluding hydrogens is 216 g/mol. The molecule has 0 saturated heterocycles. The van der Waals surface area contributed by atoms with Gasteiger partial charge in [0.2, 0.25) is 0 Å². The van der Waals surface area contributed by atoms with Crippen molar-refractivity contribution in [1.29, 1.82) is 0 Å². The van der Waals surface area contributed by atoms with Crippen molar-refractivity contribution in [3.63, 3.8) is 0 Å². The van der Waals surface area contributed by atoms with Gasteiger partial charge in [-0.1, -0.05) is 25.5 Å². The number of hydrogen-bond acceptors (Lipinski definition) is 1. The normalized spacial score (nSPS) is 9.76. The van der Waals surface area contributed by atoms with E-state index in [0.717, 1.165) is 30.4 Å². The molecule has 0 amide bonds. The Labute approximate surface area is 101 Å². The molecule has 0 aliphatic heterocycles. The third-order valence-electron chi connectivity index (χ3n) is 2.80. The number of carbonyl (C=O) groups is 1. The Hall–Kier alpha value is -1.93. The number of nitrogens with zero attached hydrogens (tertiary/aromatic N) is 2. The summed E-state index contributed by atoms with van der Waals surface area (Å²) in [6, 6.07) is 5.43. The summed E-state index contributed by atoms with van der Waals surface area (Å²) in [5.74, 6) is -1.22. The summed E-state index contributed by atoms with van der Waals surface area (Å²) >= 11 is 0. The van der Waals surface area contributed by atoms with E-state index < -0.39 is 5.97 Å². The number of aliphatic carboxylic acids is 1. The highest BCUT2D eigenvalue weighted by Gasteiger charge is 2.24. The van der Waals surface area contributed by atoms with Crippen LogP contribution in [0.2, 0.25) is 0 Å². The number of hydrogen-bond donors (Lipinski definition) is 1. The van der Waals surface area contributed by atoms with Gasteiger partial charge in [-0.25, -0.2) is 4.79 Å². The lowest BCUT2D eigenvalue weighted by atomic mass is 9.96. The zero-order chi connectivity index (χ0) is 12.8. The maximum Gasteiger partial charge on any atom is 0.419 e. The molecule has 0 bridgehead atoms. The smallest absolute Gasteiger partial charge is 0.419 e. The second kappa shape index (κ2) is 5.97. The van der Waals surface area contributed by atoms with Crippen LogP contribution < -0.4 is 0 Å². The lowest BCUT2D eigenvalue weighted by Crippen LogP contribution is -2.17. The minimum atomic E-state index is -1.22. The molecule has 0 radical (unpaired) electrons. The number of aryl methyl sites for hydroxylation is 1. The Morgan fingerprint density at radius 2 is 2.18 bits per heavy atom. The van der Waals surface area contributed by atoms with E-state index in [-0.39, 0.29) is 5.71 Å². The first-order valence-electron chi connectivity index (χ1n) is 5.66. The number of unbranched alkanes of at least 4 members (excludes halogenated alkanes) is 1. The quantitative estimate of drug-likeness (QED) is 0.481. The number of benzene rings is 1. The Kier molecular flexibility index (Phi) is 4.61. The second-order valence-electron chi connectivity index (χ2n) is 3.95. The lowest BCUT2D eigenvalue weighted by Gasteiger charge is -2.07. The SMILES string of the molecule is CCCCc1cccc(C(=[N+]=[N-])C(=O)O)c1C. The number of rotatable bonds is 5. The molecular formula is C13H16N2O2. The largest absolute Gasteiger partial charge is 0.472 e. The van der Waals surface area contributed by atoms with Gasteiger partial charge in [0.25, 0.3) is 0 Å². The molecule has 1 rings (SSSR count). The summed E-state index contributed by atoms with van der Waals surface area (Å²) in [6.45, 7) is 3.96. The highest BCUT2D eigenvalue weighted by molar-refractivity contribution is 6.40. The maximum atomic E-state index is 10.9. The van der Waals surface area contributed by atoms with Gasteiger partial charge in [-0.2, -0.15) is 4.79 Å². The summed E-state index contributed by atoms with van der Waals surface area (Å²) in [5, 5.41) is 8.93. The van der Waals surface area contributed by atoms with Gasteiger partial charge >= 0.3 is 11.7 Å². The van der Waals surface area contributed by atoms with Crippen molar-refractivity contribution in [2.24, 2.45) is 0 Å². The Morgan fingerprint density at radius 1 is 1.47 bits per heavy atom. The molecule has 4 heteroatoms. The zero-order valence-electron chi connectivity index (χ0n) is 10.1. The molecule has 90 valence electrons. The Morgan fingerprint density at radius 3 is 2.71 bits per heavy atom. The van der Waals surface area contributed by atoms with Gasteiger partial charge < -0.3 is 10.6 Å². The van der Waals surface area contributed by atoms with Crippen LogP contribution in [-0.4, -0.2) is 21.6 Å². The maximum absolute atomic E-state index is 10.9. The van der Waals surface area contributed by atoms with E-state index in [2.05, 4.69) is 11.7 Å². The third kappa shape index (κ3) is 3.02. The molecule has 0 atom stereocenters. The summed E-state index contributed by atoms with van der Waals surface area (Å²) in [5.41, 5.74) is 10.9. The van der Waals surface area contributed by atoms with Crippen molar-refractivity contribution < 1.29 is 14.7 Å². The van der Waals surface area contributed by atoms with Crippen molar-refractivity contribution >= 4 is 11.7 Å². The van der Waals surface area contributed by atoms with Crippen LogP contribution >= 0.6 is 0 Å². The Bertz CT molecular complexity index is 474. The van der Waals surface area contributed by atoms with Crippen molar-refractivity contribution in [2.45, 2.75) is 33.1 Å². The fraction of sp³-hybridized carbons (Fsp3) is 0.385. The molecule has 0 aliphatic rings. The Balaban J connectivity index is 3.18. The van der Waals surface area contributed by atoms with Gasteiger partial charge in [0, 0.05) is 0 Å². The van der Waals surface area contributed by atoms with Crippen LogP contribution in [0.15, 0.2) is 18.2 Å². The van der Waals surface area contributed by atoms with Crippen LogP contribution in [-0.2, 0) is 11.2 Å². The molecule has 1 aromatic carbocycles. The summed E-state index contributed by atoms with van der Waals surface area (Å²) < 4.78 is 0. The van der Waals surface area contributed by atoms with E-state index in [1.807, 2.05) is 13.0 Å². The summed E-state index contributed by atoms with van der Waals surface area (Å²) in [4.78, 5) is 13.8. The van der Waals surface area contributed by atoms with E-state index in [9.17, 15) is 4.79 Å². The third-order valence-corrected chi connectivity index (χ3v) is 2.80. The molecule has 0 aromatic heterocycles. The van der Waals surface area contributed by atoms with Gasteiger partial charge in [0.1, 0.15) is 0 Å². The first-order chi connectivity index (χ1) is 8.11. The van der Waals surface area contributed by atoms with Crippen LogP contribution in [0.3, 0.4) is 0 Å². The predicted octanol–water partition coefficient (Wildman–Crippen LogP) is 2.44. The van der Waals surface area contributed by atoms with Gasteiger partial charge in [-0.05, 0) is 37.0 Å². The predicted molar refractivity (Wildman–Crippen MR) is 65.2 cm³/mol. The molecule has 0 spiro atoms. The van der Waals surface area contributed by atoms with Gasteiger partial charge in [-0.3, -0.25) is 0 Å². The fourth-order valence-electron chi connectivity index (χ4n) is 1.79. The second-order valence-corrected chi connectivity index (χ2v) is 3.95. The fourth-order valence-corrected chi connectivity index (χ4v) is 1.79. The minimum Gasteiger partial charge on any atom is -0.472 e. The topological polar surface area (TPSA) is 73.7 Å². The molecule has 0 fully saturated rings. The van der Waals surface area contributed by atoms with Gasteiger partial charge in [0.15, 0.2) is 0 Å². The molecule has 0 aliphatic carbocycles. The van der Waals surface area contributed by atoms with Gasteiger partial charge in [0.05, 0.1) is 5.56 Å². The van der Waals surface area contributed by atoms with Crippen molar-refractivity contribution in [3.8, 4) is 0 Å². The molecule has 17 heavy (non-hydrogen) atoms. The van der Waals surface area contributed by atoms with Crippen molar-refractivity contribution in [1.82, 2.24) is 0 Å². The zero-order valence-corrected chi connectivity index (χ0v) is 10.1. The lowest BCUT2D eigenvalue weighted by molar-refractivity contribution is -0.133. The van der Waals surface area contributed by atoms with E-state index in [4.69, 9.17) is 10.6 Å². The van der Waals surface area contributed by atoms with Crippen LogP contribution in [0.5, 0.6) is 0 Å². The van der Waals surface area contributed by atoms with Crippen molar-refractivity contribution in [2.75, 3.05) is 0 Å². The number of carboxylic acids is 1. The molecule has 4 nitrogen and oxygen atoms in total. The monoisotopic (exact) mass is 232 g/mol. The van der Waals surface area contributed by atoms with Crippen LogP contribution in [0.25, 0.3) is 5.53 Å². The summed E-state index contributed by atoms with van der Waals surface area (Å²) in [6.07, 6.45) is 3.06. The van der Waals surface area contributed by atoms with Crippen LogP contribution in [0, 0.1) is 6.92 Å².